The normalized spacial score (nSPS) is 10.1. The predicted octanol–water partition coefficient (Wildman–Crippen LogP) is 2.86. The number of nitrogens with one attached hydrogen (secondary N) is 1. The molecule has 0 atom stereocenters. The van der Waals surface area contributed by atoms with Gasteiger partial charge in [0.25, 0.3) is 5.91 Å². The van der Waals surface area contributed by atoms with Crippen LogP contribution >= 0.6 is 27.3 Å². The Morgan fingerprint density at radius 1 is 1.28 bits per heavy atom. The number of nitrogens with zero attached hydrogens (tertiary/aromatic N) is 1. The molecule has 0 fully saturated rings. The SMILES string of the molecule is O=C(O)c1ccc(NC(=O)c2ccc(Br)s2)cn1. The molecule has 0 saturated heterocycles. The minimum atomic E-state index is -1.10. The number of anilines is 1. The Kier molecular flexibility index (Phi) is 3.73. The number of rotatable bonds is 3. The maximum atomic E-state index is 11.8. The number of hydrogen-bond donors (Lipinski definition) is 2. The van der Waals surface area contributed by atoms with Crippen LogP contribution in [0.15, 0.2) is 34.2 Å². The Hall–Kier alpha value is -1.73. The maximum Gasteiger partial charge on any atom is 0.354 e. The number of pyridine rings is 1. The number of carboxylic acid groups (broad SMARTS) is 1. The molecule has 0 aliphatic carbocycles. The third kappa shape index (κ3) is 2.93. The average Bonchev–Trinajstić information content (AvgIpc) is 2.76. The number of thiophene rings is 1. The van der Waals surface area contributed by atoms with Gasteiger partial charge in [-0.05, 0) is 40.2 Å². The van der Waals surface area contributed by atoms with Crippen molar-refractivity contribution in [2.24, 2.45) is 0 Å². The van der Waals surface area contributed by atoms with Gasteiger partial charge < -0.3 is 10.4 Å². The van der Waals surface area contributed by atoms with E-state index in [0.717, 1.165) is 3.79 Å². The topological polar surface area (TPSA) is 79.3 Å². The number of amides is 1. The van der Waals surface area contributed by atoms with E-state index in [2.05, 4.69) is 26.2 Å². The Bertz CT molecular complexity index is 595. The summed E-state index contributed by atoms with van der Waals surface area (Å²) in [5.74, 6) is -1.36. The van der Waals surface area contributed by atoms with Crippen molar-refractivity contribution in [2.75, 3.05) is 5.32 Å². The van der Waals surface area contributed by atoms with Crippen molar-refractivity contribution in [1.82, 2.24) is 4.98 Å². The molecule has 2 N–H and O–H groups in total. The molecule has 18 heavy (non-hydrogen) atoms. The second kappa shape index (κ2) is 5.28. The molecule has 0 saturated carbocycles. The molecule has 7 heteroatoms. The standard InChI is InChI=1S/C11H7BrN2O3S/c12-9-4-3-8(18-9)10(15)14-6-1-2-7(11(16)17)13-5-6/h1-5H,(H,14,15)(H,16,17). The van der Waals surface area contributed by atoms with Gasteiger partial charge in [-0.3, -0.25) is 4.79 Å². The third-order valence-corrected chi connectivity index (χ3v) is 3.66. The fourth-order valence-electron chi connectivity index (χ4n) is 1.22. The summed E-state index contributed by atoms with van der Waals surface area (Å²) in [6, 6.07) is 6.31. The fraction of sp³-hybridized carbons (Fsp3) is 0. The summed E-state index contributed by atoms with van der Waals surface area (Å²) in [5, 5.41) is 11.3. The molecule has 0 aliphatic heterocycles. The number of carbonyl (C=O) groups is 2. The van der Waals surface area contributed by atoms with Crippen molar-refractivity contribution in [2.45, 2.75) is 0 Å². The van der Waals surface area contributed by atoms with Crippen molar-refractivity contribution in [3.63, 3.8) is 0 Å². The van der Waals surface area contributed by atoms with Crippen LogP contribution in [0.4, 0.5) is 5.69 Å². The van der Waals surface area contributed by atoms with Crippen molar-refractivity contribution < 1.29 is 14.7 Å². The third-order valence-electron chi connectivity index (χ3n) is 2.04. The van der Waals surface area contributed by atoms with E-state index in [1.807, 2.05) is 0 Å². The molecular weight excluding hydrogens is 320 g/mol. The lowest BCUT2D eigenvalue weighted by atomic mass is 10.3. The Morgan fingerprint density at radius 2 is 2.06 bits per heavy atom. The zero-order chi connectivity index (χ0) is 13.1. The Labute approximate surface area is 115 Å². The van der Waals surface area contributed by atoms with Gasteiger partial charge in [0.15, 0.2) is 0 Å². The lowest BCUT2D eigenvalue weighted by Gasteiger charge is -2.02. The zero-order valence-electron chi connectivity index (χ0n) is 8.88. The molecule has 92 valence electrons. The van der Waals surface area contributed by atoms with Gasteiger partial charge in [0.2, 0.25) is 0 Å². The first-order valence-corrected chi connectivity index (χ1v) is 6.43. The number of aromatic nitrogens is 1. The first kappa shape index (κ1) is 12.7. The van der Waals surface area contributed by atoms with E-state index in [9.17, 15) is 9.59 Å². The minimum Gasteiger partial charge on any atom is -0.477 e. The minimum absolute atomic E-state index is 0.0631. The molecule has 2 rings (SSSR count). The highest BCUT2D eigenvalue weighted by Gasteiger charge is 2.10. The van der Waals surface area contributed by atoms with E-state index in [-0.39, 0.29) is 11.6 Å². The maximum absolute atomic E-state index is 11.8. The monoisotopic (exact) mass is 326 g/mol. The summed E-state index contributed by atoms with van der Waals surface area (Å²) >= 11 is 4.59. The molecule has 0 unspecified atom stereocenters. The van der Waals surface area contributed by atoms with Crippen LogP contribution in [0.25, 0.3) is 0 Å². The summed E-state index contributed by atoms with van der Waals surface area (Å²) in [6.07, 6.45) is 1.31. The fourth-order valence-corrected chi connectivity index (χ4v) is 2.50. The molecule has 0 bridgehead atoms. The first-order chi connectivity index (χ1) is 8.56. The molecule has 5 nitrogen and oxygen atoms in total. The Morgan fingerprint density at radius 3 is 2.56 bits per heavy atom. The van der Waals surface area contributed by atoms with E-state index in [4.69, 9.17) is 5.11 Å². The summed E-state index contributed by atoms with van der Waals surface area (Å²) in [7, 11) is 0. The second-order valence-electron chi connectivity index (χ2n) is 3.30. The number of carboxylic acids is 1. The summed E-state index contributed by atoms with van der Waals surface area (Å²) in [4.78, 5) is 26.7. The number of aromatic carboxylic acids is 1. The number of hydrogen-bond acceptors (Lipinski definition) is 4. The van der Waals surface area contributed by atoms with Crippen LogP contribution in [0.2, 0.25) is 0 Å². The molecule has 1 amide bonds. The molecule has 0 aliphatic rings. The van der Waals surface area contributed by atoms with E-state index in [1.54, 1.807) is 12.1 Å². The van der Waals surface area contributed by atoms with Gasteiger partial charge >= 0.3 is 5.97 Å². The van der Waals surface area contributed by atoms with Crippen LogP contribution in [-0.4, -0.2) is 22.0 Å². The molecule has 2 heterocycles. The van der Waals surface area contributed by atoms with E-state index < -0.39 is 5.97 Å². The van der Waals surface area contributed by atoms with Crippen molar-refractivity contribution in [3.8, 4) is 0 Å². The molecule has 0 spiro atoms. The highest BCUT2D eigenvalue weighted by Crippen LogP contribution is 2.22. The highest BCUT2D eigenvalue weighted by atomic mass is 79.9. The van der Waals surface area contributed by atoms with Crippen LogP contribution in [0.5, 0.6) is 0 Å². The lowest BCUT2D eigenvalue weighted by Crippen LogP contribution is -2.10. The molecular formula is C11H7BrN2O3S. The van der Waals surface area contributed by atoms with Gasteiger partial charge in [-0.25, -0.2) is 9.78 Å². The number of carbonyl (C=O) groups excluding carboxylic acids is 1. The summed E-state index contributed by atoms with van der Waals surface area (Å²) in [6.45, 7) is 0. The van der Waals surface area contributed by atoms with Gasteiger partial charge in [0.05, 0.1) is 20.5 Å². The average molecular weight is 327 g/mol. The van der Waals surface area contributed by atoms with E-state index in [1.165, 1.54) is 29.7 Å². The van der Waals surface area contributed by atoms with Crippen LogP contribution in [0.3, 0.4) is 0 Å². The molecule has 2 aromatic rings. The molecule has 0 radical (unpaired) electrons. The van der Waals surface area contributed by atoms with Crippen molar-refractivity contribution in [1.29, 1.82) is 0 Å². The van der Waals surface area contributed by atoms with Gasteiger partial charge in [-0.2, -0.15) is 0 Å². The van der Waals surface area contributed by atoms with Gasteiger partial charge in [-0.15, -0.1) is 11.3 Å². The molecule has 2 aromatic heterocycles. The van der Waals surface area contributed by atoms with E-state index in [0.29, 0.717) is 10.6 Å². The first-order valence-electron chi connectivity index (χ1n) is 4.82. The van der Waals surface area contributed by atoms with Crippen molar-refractivity contribution >= 4 is 44.8 Å². The summed E-state index contributed by atoms with van der Waals surface area (Å²) in [5.41, 5.74) is 0.390. The van der Waals surface area contributed by atoms with Crippen LogP contribution in [0.1, 0.15) is 20.2 Å². The predicted molar refractivity (Wildman–Crippen MR) is 71.2 cm³/mol. The van der Waals surface area contributed by atoms with Gasteiger partial charge in [-0.1, -0.05) is 0 Å². The quantitative estimate of drug-likeness (QED) is 0.908. The van der Waals surface area contributed by atoms with Gasteiger partial charge in [0, 0.05) is 0 Å². The highest BCUT2D eigenvalue weighted by molar-refractivity contribution is 9.11. The van der Waals surface area contributed by atoms with Crippen LogP contribution < -0.4 is 5.32 Å². The van der Waals surface area contributed by atoms with Gasteiger partial charge in [0.1, 0.15) is 5.69 Å². The largest absolute Gasteiger partial charge is 0.477 e. The second-order valence-corrected chi connectivity index (χ2v) is 5.76. The molecule has 0 aromatic carbocycles. The Balaban J connectivity index is 2.10. The van der Waals surface area contributed by atoms with Crippen LogP contribution in [-0.2, 0) is 0 Å². The van der Waals surface area contributed by atoms with Crippen LogP contribution in [0, 0.1) is 0 Å². The summed E-state index contributed by atoms with van der Waals surface area (Å²) < 4.78 is 0.868. The lowest BCUT2D eigenvalue weighted by molar-refractivity contribution is 0.0690. The van der Waals surface area contributed by atoms with Crippen molar-refractivity contribution in [3.05, 3.63) is 44.8 Å². The smallest absolute Gasteiger partial charge is 0.354 e. The van der Waals surface area contributed by atoms with E-state index >= 15 is 0 Å². The zero-order valence-corrected chi connectivity index (χ0v) is 11.3. The number of halogens is 1.